The van der Waals surface area contributed by atoms with E-state index in [0.717, 1.165) is 6.54 Å². The van der Waals surface area contributed by atoms with E-state index in [-0.39, 0.29) is 0 Å². The molecule has 0 spiro atoms. The molecule has 0 amide bonds. The first-order chi connectivity index (χ1) is 5.41. The summed E-state index contributed by atoms with van der Waals surface area (Å²) in [7, 11) is 0. The molecule has 0 bridgehead atoms. The second-order valence-corrected chi connectivity index (χ2v) is 1.56. The molecular formula is C9H26N2. The van der Waals surface area contributed by atoms with Gasteiger partial charge < -0.3 is 11.1 Å². The van der Waals surface area contributed by atoms with Crippen LogP contribution < -0.4 is 11.1 Å². The molecule has 0 aliphatic carbocycles. The van der Waals surface area contributed by atoms with Crippen molar-refractivity contribution in [3.8, 4) is 0 Å². The van der Waals surface area contributed by atoms with E-state index in [1.165, 1.54) is 12.8 Å². The van der Waals surface area contributed by atoms with Gasteiger partial charge in [0.25, 0.3) is 0 Å². The molecule has 0 unspecified atom stereocenters. The molecule has 0 aromatic carbocycles. The number of nitrogens with two attached hydrogens (primary N) is 1. The summed E-state index contributed by atoms with van der Waals surface area (Å²) >= 11 is 0. The largest absolute Gasteiger partial charge is 0.318 e. The summed E-state index contributed by atoms with van der Waals surface area (Å²) < 4.78 is 0. The van der Waals surface area contributed by atoms with Crippen molar-refractivity contribution in [3.05, 3.63) is 0 Å². The Hall–Kier alpha value is -0.0800. The van der Waals surface area contributed by atoms with Gasteiger partial charge in [0.1, 0.15) is 0 Å². The van der Waals surface area contributed by atoms with Crippen LogP contribution in [0.3, 0.4) is 0 Å². The molecule has 2 nitrogen and oxygen atoms in total. The minimum atomic E-state index is 0.611. The molecule has 0 aromatic rings. The zero-order valence-electron chi connectivity index (χ0n) is 8.91. The molecule has 0 aromatic heterocycles. The van der Waals surface area contributed by atoms with Crippen molar-refractivity contribution in [1.29, 1.82) is 0 Å². The fourth-order valence-corrected chi connectivity index (χ4v) is 0.404. The summed E-state index contributed by atoms with van der Waals surface area (Å²) in [6.07, 6.45) is 2.48. The summed E-state index contributed by atoms with van der Waals surface area (Å²) in [5.41, 5.74) is 5.16. The van der Waals surface area contributed by atoms with Crippen LogP contribution in [0.2, 0.25) is 0 Å². The molecular weight excluding hydrogens is 136 g/mol. The van der Waals surface area contributed by atoms with Gasteiger partial charge in [-0.05, 0) is 13.0 Å². The highest BCUT2D eigenvalue weighted by Gasteiger charge is 1.77. The van der Waals surface area contributed by atoms with E-state index in [1.54, 1.807) is 0 Å². The quantitative estimate of drug-likeness (QED) is 0.492. The third-order valence-corrected chi connectivity index (χ3v) is 0.851. The third-order valence-electron chi connectivity index (χ3n) is 0.851. The van der Waals surface area contributed by atoms with Gasteiger partial charge in [0.05, 0.1) is 0 Å². The van der Waals surface area contributed by atoms with E-state index in [1.807, 2.05) is 27.7 Å². The predicted octanol–water partition coefficient (Wildman–Crippen LogP) is 2.34. The maximum atomic E-state index is 5.16. The van der Waals surface area contributed by atoms with Gasteiger partial charge in [-0.15, -0.1) is 0 Å². The van der Waals surface area contributed by atoms with Crippen molar-refractivity contribution in [1.82, 2.24) is 5.32 Å². The van der Waals surface area contributed by atoms with E-state index < -0.39 is 0 Å². The van der Waals surface area contributed by atoms with E-state index in [2.05, 4.69) is 12.2 Å². The second kappa shape index (κ2) is 32.6. The lowest BCUT2D eigenvalue weighted by Gasteiger charge is -1.95. The predicted molar refractivity (Wildman–Crippen MR) is 54.7 cm³/mol. The number of unbranched alkanes of at least 4 members (excludes halogenated alkanes) is 1. The Morgan fingerprint density at radius 1 is 1.09 bits per heavy atom. The van der Waals surface area contributed by atoms with E-state index in [9.17, 15) is 0 Å². The topological polar surface area (TPSA) is 38.0 Å². The Bertz CT molecular complexity index is 26.7. The minimum absolute atomic E-state index is 0.611. The molecule has 0 rings (SSSR count). The van der Waals surface area contributed by atoms with Crippen LogP contribution in [0.25, 0.3) is 0 Å². The van der Waals surface area contributed by atoms with Crippen LogP contribution in [-0.4, -0.2) is 13.2 Å². The molecule has 0 aliphatic heterocycles. The number of hydrogen-bond donors (Lipinski definition) is 2. The first-order valence-electron chi connectivity index (χ1n) is 4.82. The zero-order chi connectivity index (χ0) is 9.54. The normalized spacial score (nSPS) is 7.09. The molecule has 0 fully saturated rings. The third kappa shape index (κ3) is 40.5. The van der Waals surface area contributed by atoms with Crippen LogP contribution in [0.1, 0.15) is 47.5 Å². The fourth-order valence-electron chi connectivity index (χ4n) is 0.404. The number of nitrogens with one attached hydrogen (secondary N) is 1. The average Bonchev–Trinajstić information content (AvgIpc) is 2.13. The standard InChI is InChI=1S/C5H14N2.2C2H6/c1-2-3-4-7-5-6;2*1-2/h7H,2-6H2,1H3;2*1-2H3. The molecule has 0 heterocycles. The summed E-state index contributed by atoms with van der Waals surface area (Å²) in [6.45, 7) is 11.8. The van der Waals surface area contributed by atoms with Gasteiger partial charge in [0, 0.05) is 6.67 Å². The van der Waals surface area contributed by atoms with Crippen LogP contribution in [0.5, 0.6) is 0 Å². The van der Waals surface area contributed by atoms with Gasteiger partial charge in [0.15, 0.2) is 0 Å². The van der Waals surface area contributed by atoms with E-state index in [0.29, 0.717) is 6.67 Å². The molecule has 2 heteroatoms. The first-order valence-corrected chi connectivity index (χ1v) is 4.82. The highest BCUT2D eigenvalue weighted by Crippen LogP contribution is 1.79. The Labute approximate surface area is 72.6 Å². The summed E-state index contributed by atoms with van der Waals surface area (Å²) in [4.78, 5) is 0. The molecule has 0 saturated carbocycles. The lowest BCUT2D eigenvalue weighted by atomic mass is 10.3. The van der Waals surface area contributed by atoms with Crippen LogP contribution in [0, 0.1) is 0 Å². The van der Waals surface area contributed by atoms with Crippen molar-refractivity contribution in [2.45, 2.75) is 47.5 Å². The first kappa shape index (κ1) is 17.1. The summed E-state index contributed by atoms with van der Waals surface area (Å²) in [5.74, 6) is 0. The Morgan fingerprint density at radius 2 is 1.55 bits per heavy atom. The molecule has 0 atom stereocenters. The lowest BCUT2D eigenvalue weighted by molar-refractivity contribution is 0.653. The Kier molecular flexibility index (Phi) is 50.8. The molecule has 72 valence electrons. The minimum Gasteiger partial charge on any atom is -0.318 e. The highest BCUT2D eigenvalue weighted by atomic mass is 14.9. The average molecular weight is 162 g/mol. The Balaban J connectivity index is -0.000000138. The number of rotatable bonds is 4. The maximum absolute atomic E-state index is 5.16. The molecule has 11 heavy (non-hydrogen) atoms. The van der Waals surface area contributed by atoms with Gasteiger partial charge in [-0.1, -0.05) is 41.0 Å². The highest BCUT2D eigenvalue weighted by molar-refractivity contribution is 4.38. The molecule has 0 saturated heterocycles. The lowest BCUT2D eigenvalue weighted by Crippen LogP contribution is -2.22. The SMILES string of the molecule is CC.CC.CCCCNCN. The maximum Gasteiger partial charge on any atom is 0.0428 e. The van der Waals surface area contributed by atoms with Crippen molar-refractivity contribution in [2.75, 3.05) is 13.2 Å². The van der Waals surface area contributed by atoms with Crippen molar-refractivity contribution < 1.29 is 0 Å². The van der Waals surface area contributed by atoms with E-state index >= 15 is 0 Å². The van der Waals surface area contributed by atoms with Crippen LogP contribution in [0.4, 0.5) is 0 Å². The molecule has 0 radical (unpaired) electrons. The van der Waals surface area contributed by atoms with Crippen LogP contribution in [0.15, 0.2) is 0 Å². The number of hydrogen-bond acceptors (Lipinski definition) is 2. The Morgan fingerprint density at radius 3 is 1.82 bits per heavy atom. The second-order valence-electron chi connectivity index (χ2n) is 1.56. The molecule has 0 aliphatic rings. The summed E-state index contributed by atoms with van der Waals surface area (Å²) in [6, 6.07) is 0. The smallest absolute Gasteiger partial charge is 0.0428 e. The fraction of sp³-hybridized carbons (Fsp3) is 1.00. The van der Waals surface area contributed by atoms with Crippen LogP contribution in [-0.2, 0) is 0 Å². The van der Waals surface area contributed by atoms with Gasteiger partial charge in [-0.2, -0.15) is 0 Å². The van der Waals surface area contributed by atoms with Crippen molar-refractivity contribution >= 4 is 0 Å². The van der Waals surface area contributed by atoms with Gasteiger partial charge in [-0.25, -0.2) is 0 Å². The summed E-state index contributed by atoms with van der Waals surface area (Å²) in [5, 5.41) is 3.03. The van der Waals surface area contributed by atoms with Gasteiger partial charge in [-0.3, -0.25) is 0 Å². The van der Waals surface area contributed by atoms with Crippen LogP contribution >= 0.6 is 0 Å². The van der Waals surface area contributed by atoms with Gasteiger partial charge in [0.2, 0.25) is 0 Å². The molecule has 3 N–H and O–H groups in total. The van der Waals surface area contributed by atoms with Crippen molar-refractivity contribution in [3.63, 3.8) is 0 Å². The van der Waals surface area contributed by atoms with E-state index in [4.69, 9.17) is 5.73 Å². The zero-order valence-corrected chi connectivity index (χ0v) is 8.91. The van der Waals surface area contributed by atoms with Crippen molar-refractivity contribution in [2.24, 2.45) is 5.73 Å². The monoisotopic (exact) mass is 162 g/mol. The van der Waals surface area contributed by atoms with Gasteiger partial charge >= 0.3 is 0 Å².